The summed E-state index contributed by atoms with van der Waals surface area (Å²) in [6.45, 7) is 2.18. The van der Waals surface area contributed by atoms with Gasteiger partial charge in [0.15, 0.2) is 5.76 Å². The van der Waals surface area contributed by atoms with Gasteiger partial charge >= 0.3 is 15.5 Å². The maximum Gasteiger partial charge on any atom is 0.516 e. The molecule has 0 bridgehead atoms. The number of hydrogen-bond donors (Lipinski definition) is 2. The minimum Gasteiger partial charge on any atom is -0.455 e. The summed E-state index contributed by atoms with van der Waals surface area (Å²) in [4.78, 5) is 17.3. The maximum absolute atomic E-state index is 13.0. The summed E-state index contributed by atoms with van der Waals surface area (Å²) in [7, 11) is -4.06. The number of anilines is 1. The lowest BCUT2D eigenvalue weighted by molar-refractivity contribution is -0.0429. The van der Waals surface area contributed by atoms with Gasteiger partial charge in [-0.2, -0.15) is 21.6 Å². The molecule has 0 radical (unpaired) electrons. The molecular weight excluding hydrogens is 601 g/mol. The summed E-state index contributed by atoms with van der Waals surface area (Å²) in [5, 5.41) is 3.32. The molecule has 1 saturated carbocycles. The number of imidazole rings is 1. The second-order valence-corrected chi connectivity index (χ2v) is 11.9. The number of aryl methyl sites for hydroxylation is 1. The first-order chi connectivity index (χ1) is 18.4. The molecule has 39 heavy (non-hydrogen) atoms. The third-order valence-electron chi connectivity index (χ3n) is 6.58. The highest BCUT2D eigenvalue weighted by molar-refractivity contribution is 9.10. The lowest BCUT2D eigenvalue weighted by Crippen LogP contribution is -2.30. The Kier molecular flexibility index (Phi) is 7.00. The number of fused-ring (bicyclic) bond motifs is 1. The maximum atomic E-state index is 13.0. The number of furan rings is 1. The number of alkyl halides is 3. The van der Waals surface area contributed by atoms with Gasteiger partial charge in [-0.25, -0.2) is 4.98 Å². The fourth-order valence-electron chi connectivity index (χ4n) is 4.48. The fraction of sp³-hybridized carbons (Fsp3) is 0.308. The van der Waals surface area contributed by atoms with E-state index in [0.29, 0.717) is 39.3 Å². The first-order valence-corrected chi connectivity index (χ1v) is 14.3. The molecule has 0 saturated heterocycles. The van der Waals surface area contributed by atoms with Crippen LogP contribution in [0.3, 0.4) is 0 Å². The van der Waals surface area contributed by atoms with Crippen molar-refractivity contribution in [1.82, 2.24) is 14.9 Å². The van der Waals surface area contributed by atoms with Crippen molar-refractivity contribution in [2.24, 2.45) is 5.92 Å². The van der Waals surface area contributed by atoms with Gasteiger partial charge < -0.3 is 14.3 Å². The van der Waals surface area contributed by atoms with E-state index in [-0.39, 0.29) is 22.9 Å². The first-order valence-electron chi connectivity index (χ1n) is 12.1. The lowest BCUT2D eigenvalue weighted by Gasteiger charge is -2.13. The highest BCUT2D eigenvalue weighted by Gasteiger charge is 2.46. The van der Waals surface area contributed by atoms with Gasteiger partial charge in [0.1, 0.15) is 17.1 Å². The molecule has 2 N–H and O–H groups in total. The number of rotatable bonds is 8. The molecule has 13 heteroatoms. The average Bonchev–Trinajstić information content (AvgIpc) is 3.57. The number of carbonyl (C=O) groups excluding carboxylic acids is 1. The van der Waals surface area contributed by atoms with E-state index in [1.54, 1.807) is 23.9 Å². The van der Waals surface area contributed by atoms with Crippen molar-refractivity contribution in [2.75, 3.05) is 11.8 Å². The number of benzene rings is 2. The molecule has 2 heterocycles. The zero-order chi connectivity index (χ0) is 28.1. The van der Waals surface area contributed by atoms with E-state index in [9.17, 15) is 26.4 Å². The van der Waals surface area contributed by atoms with Crippen LogP contribution in [-0.2, 0) is 23.0 Å². The standard InChI is InChI=1S/C26H24BrF3N4O4S/c1-14-23(25(35)31-2)34(21(32-14)12-15-7-8-15)13-16-9-10-20-18(11-16)22(27)24(38-20)17-5-3-4-6-19(17)33-39(36,37)26(28,29)30/h3-6,9-11,15,33H,7-8,12-13H2,1-2H3,(H,31,35). The molecule has 2 aromatic heterocycles. The Morgan fingerprint density at radius 1 is 1.21 bits per heavy atom. The summed E-state index contributed by atoms with van der Waals surface area (Å²) in [6.07, 6.45) is 3.06. The van der Waals surface area contributed by atoms with Crippen LogP contribution in [0.5, 0.6) is 0 Å². The van der Waals surface area contributed by atoms with Crippen LogP contribution < -0.4 is 10.0 Å². The van der Waals surface area contributed by atoms with Gasteiger partial charge in [0, 0.05) is 31.0 Å². The number of nitrogens with one attached hydrogen (secondary N) is 2. The Labute approximate surface area is 230 Å². The molecule has 8 nitrogen and oxygen atoms in total. The van der Waals surface area contributed by atoms with Gasteiger partial charge in [-0.15, -0.1) is 0 Å². The van der Waals surface area contributed by atoms with E-state index < -0.39 is 15.5 Å². The summed E-state index contributed by atoms with van der Waals surface area (Å²) >= 11 is 3.49. The van der Waals surface area contributed by atoms with Crippen molar-refractivity contribution >= 4 is 48.5 Å². The zero-order valence-electron chi connectivity index (χ0n) is 20.9. The van der Waals surface area contributed by atoms with Gasteiger partial charge in [0.05, 0.1) is 15.9 Å². The average molecular weight is 625 g/mol. The minimum atomic E-state index is -5.63. The number of halogens is 4. The number of hydrogen-bond acceptors (Lipinski definition) is 5. The molecule has 0 unspecified atom stereocenters. The molecule has 0 atom stereocenters. The van der Waals surface area contributed by atoms with Crippen LogP contribution in [0, 0.1) is 12.8 Å². The highest BCUT2D eigenvalue weighted by atomic mass is 79.9. The first kappa shape index (κ1) is 27.3. The summed E-state index contributed by atoms with van der Waals surface area (Å²) in [5.74, 6) is 1.34. The van der Waals surface area contributed by atoms with Crippen molar-refractivity contribution in [1.29, 1.82) is 0 Å². The van der Waals surface area contributed by atoms with Crippen LogP contribution in [-0.4, -0.2) is 36.4 Å². The number of nitrogens with zero attached hydrogens (tertiary/aromatic N) is 2. The number of sulfonamides is 1. The number of amides is 1. The monoisotopic (exact) mass is 624 g/mol. The molecule has 0 spiro atoms. The lowest BCUT2D eigenvalue weighted by atomic mass is 10.1. The Hall–Kier alpha value is -3.32. The second kappa shape index (κ2) is 10.0. The van der Waals surface area contributed by atoms with Gasteiger partial charge in [0.2, 0.25) is 0 Å². The largest absolute Gasteiger partial charge is 0.516 e. The zero-order valence-corrected chi connectivity index (χ0v) is 23.3. The Bertz CT molecular complexity index is 1690. The SMILES string of the molecule is CNC(=O)c1c(C)nc(CC2CC2)n1Cc1ccc2oc(-c3ccccc3NS(=O)(=O)C(F)(F)F)c(Br)c2c1. The molecule has 1 amide bonds. The van der Waals surface area contributed by atoms with Gasteiger partial charge in [-0.3, -0.25) is 9.52 Å². The molecule has 2 aromatic carbocycles. The van der Waals surface area contributed by atoms with Crippen molar-refractivity contribution < 1.29 is 30.8 Å². The molecule has 206 valence electrons. The van der Waals surface area contributed by atoms with E-state index >= 15 is 0 Å². The molecule has 1 aliphatic carbocycles. The smallest absolute Gasteiger partial charge is 0.455 e. The number of aromatic nitrogens is 2. The Balaban J connectivity index is 1.53. The Morgan fingerprint density at radius 2 is 1.92 bits per heavy atom. The van der Waals surface area contributed by atoms with Crippen molar-refractivity contribution in [3.63, 3.8) is 0 Å². The minimum absolute atomic E-state index is 0.133. The predicted octanol–water partition coefficient (Wildman–Crippen LogP) is 5.99. The van der Waals surface area contributed by atoms with Crippen LogP contribution in [0.25, 0.3) is 22.3 Å². The van der Waals surface area contributed by atoms with Gasteiger partial charge in [0.25, 0.3) is 5.91 Å². The van der Waals surface area contributed by atoms with Gasteiger partial charge in [-0.1, -0.05) is 18.2 Å². The van der Waals surface area contributed by atoms with E-state index in [0.717, 1.165) is 30.7 Å². The summed E-state index contributed by atoms with van der Waals surface area (Å²) < 4.78 is 72.5. The molecule has 4 aromatic rings. The molecule has 0 aliphatic heterocycles. The van der Waals surface area contributed by atoms with Crippen LogP contribution in [0.1, 0.15) is 40.4 Å². The quantitative estimate of drug-likeness (QED) is 0.250. The highest BCUT2D eigenvalue weighted by Crippen LogP contribution is 2.42. The fourth-order valence-corrected chi connectivity index (χ4v) is 5.67. The molecule has 1 fully saturated rings. The van der Waals surface area contributed by atoms with Crippen LogP contribution in [0.15, 0.2) is 51.4 Å². The number of carbonyl (C=O) groups is 1. The molecule has 5 rings (SSSR count). The van der Waals surface area contributed by atoms with Crippen molar-refractivity contribution in [2.45, 2.75) is 38.2 Å². The predicted molar refractivity (Wildman–Crippen MR) is 144 cm³/mol. The second-order valence-electron chi connectivity index (χ2n) is 9.45. The van der Waals surface area contributed by atoms with Crippen LogP contribution in [0.2, 0.25) is 0 Å². The molecular formula is C26H24BrF3N4O4S. The summed E-state index contributed by atoms with van der Waals surface area (Å²) in [5.41, 5.74) is -3.18. The molecule has 1 aliphatic rings. The van der Waals surface area contributed by atoms with Gasteiger partial charge in [-0.05, 0) is 71.4 Å². The van der Waals surface area contributed by atoms with E-state index in [2.05, 4.69) is 26.2 Å². The number of para-hydroxylation sites is 1. The topological polar surface area (TPSA) is 106 Å². The van der Waals surface area contributed by atoms with E-state index in [1.807, 2.05) is 23.6 Å². The third kappa shape index (κ3) is 5.29. The van der Waals surface area contributed by atoms with E-state index in [1.165, 1.54) is 18.2 Å². The van der Waals surface area contributed by atoms with Crippen LogP contribution >= 0.6 is 15.9 Å². The Morgan fingerprint density at radius 3 is 2.59 bits per heavy atom. The summed E-state index contributed by atoms with van der Waals surface area (Å²) in [6, 6.07) is 11.1. The normalized spacial score (nSPS) is 14.1. The van der Waals surface area contributed by atoms with Crippen molar-refractivity contribution in [3.8, 4) is 11.3 Å². The third-order valence-corrected chi connectivity index (χ3v) is 8.47. The van der Waals surface area contributed by atoms with E-state index in [4.69, 9.17) is 4.42 Å². The van der Waals surface area contributed by atoms with Crippen molar-refractivity contribution in [3.05, 3.63) is 69.7 Å². The van der Waals surface area contributed by atoms with Crippen LogP contribution in [0.4, 0.5) is 18.9 Å².